The van der Waals surface area contributed by atoms with Crippen molar-refractivity contribution in [3.05, 3.63) is 0 Å². The molecule has 0 aliphatic rings. The van der Waals surface area contributed by atoms with E-state index >= 15 is 0 Å². The van der Waals surface area contributed by atoms with Crippen LogP contribution >= 0.6 is 0 Å². The minimum atomic E-state index is 0. The standard InChI is InChI=1S/C4H12N.FH.2H2O/c1-5(2,3)4;;;/h1-4H3;1H;2*1H2/q+1;;;/p-1. The largest absolute Gasteiger partial charge is 1.00 e. The Morgan fingerprint density at radius 3 is 0.750 bits per heavy atom. The molecule has 8 heavy (non-hydrogen) atoms. The molecule has 0 aliphatic heterocycles. The maximum Gasteiger partial charge on any atom is 0.0675 e. The minimum Gasteiger partial charge on any atom is -1.00 e. The van der Waals surface area contributed by atoms with Crippen LogP contribution in [0.25, 0.3) is 0 Å². The van der Waals surface area contributed by atoms with Crippen molar-refractivity contribution >= 4 is 0 Å². The van der Waals surface area contributed by atoms with Crippen molar-refractivity contribution in [1.29, 1.82) is 0 Å². The van der Waals surface area contributed by atoms with E-state index in [0.29, 0.717) is 0 Å². The summed E-state index contributed by atoms with van der Waals surface area (Å²) in [6.07, 6.45) is 0. The van der Waals surface area contributed by atoms with Crippen molar-refractivity contribution in [3.8, 4) is 0 Å². The Morgan fingerprint density at radius 2 is 0.750 bits per heavy atom. The maximum absolute atomic E-state index is 2.12. The van der Waals surface area contributed by atoms with Gasteiger partial charge in [0.1, 0.15) is 0 Å². The third-order valence-corrected chi connectivity index (χ3v) is 0. The van der Waals surface area contributed by atoms with E-state index in [-0.39, 0.29) is 15.7 Å². The van der Waals surface area contributed by atoms with Crippen LogP contribution in [-0.4, -0.2) is 43.6 Å². The molecule has 0 spiro atoms. The molecule has 0 atom stereocenters. The van der Waals surface area contributed by atoms with E-state index in [9.17, 15) is 0 Å². The van der Waals surface area contributed by atoms with Crippen molar-refractivity contribution in [2.75, 3.05) is 28.2 Å². The van der Waals surface area contributed by atoms with Gasteiger partial charge >= 0.3 is 0 Å². The average Bonchev–Trinajstić information content (AvgIpc) is 0.722. The summed E-state index contributed by atoms with van der Waals surface area (Å²) in [5.74, 6) is 0. The predicted molar refractivity (Wildman–Crippen MR) is 31.2 cm³/mol. The topological polar surface area (TPSA) is 63.0 Å². The second-order valence-electron chi connectivity index (χ2n) is 2.68. The van der Waals surface area contributed by atoms with Crippen LogP contribution < -0.4 is 4.70 Å². The highest BCUT2D eigenvalue weighted by molar-refractivity contribution is 3.87. The lowest BCUT2D eigenvalue weighted by Gasteiger charge is -2.14. The fourth-order valence-corrected chi connectivity index (χ4v) is 0. The van der Waals surface area contributed by atoms with Crippen LogP contribution in [0.5, 0.6) is 0 Å². The highest BCUT2D eigenvalue weighted by Crippen LogP contribution is 1.73. The summed E-state index contributed by atoms with van der Waals surface area (Å²) in [6.45, 7) is 0. The van der Waals surface area contributed by atoms with Gasteiger partial charge in [0.25, 0.3) is 0 Å². The van der Waals surface area contributed by atoms with Crippen molar-refractivity contribution in [3.63, 3.8) is 0 Å². The molecule has 0 fully saturated rings. The monoisotopic (exact) mass is 129 g/mol. The molecule has 0 aromatic heterocycles. The Labute approximate surface area is 49.5 Å². The first-order valence-corrected chi connectivity index (χ1v) is 1.79. The zero-order chi connectivity index (χ0) is 4.50. The highest BCUT2D eigenvalue weighted by Gasteiger charge is 1.88. The average molecular weight is 129 g/mol. The summed E-state index contributed by atoms with van der Waals surface area (Å²) >= 11 is 0. The van der Waals surface area contributed by atoms with Gasteiger partial charge in [0.15, 0.2) is 0 Å². The van der Waals surface area contributed by atoms with Gasteiger partial charge in [0.2, 0.25) is 0 Å². The first-order chi connectivity index (χ1) is 2.00. The third kappa shape index (κ3) is 3720. The molecule has 0 saturated heterocycles. The Bertz CT molecular complexity index is 29.5. The van der Waals surface area contributed by atoms with Gasteiger partial charge in [-0.2, -0.15) is 0 Å². The van der Waals surface area contributed by atoms with Gasteiger partial charge in [0.05, 0.1) is 28.2 Å². The molecular formula is C4H16FNO2. The fraction of sp³-hybridized carbons (Fsp3) is 1.00. The lowest BCUT2D eigenvalue weighted by atomic mass is 10.8. The number of nitrogens with zero attached hydrogens (tertiary/aromatic N) is 1. The predicted octanol–water partition coefficient (Wildman–Crippen LogP) is -4.32. The number of halogens is 1. The molecule has 4 heteroatoms. The van der Waals surface area contributed by atoms with Gasteiger partial charge in [-0.25, -0.2) is 0 Å². The Hall–Kier alpha value is -0.190. The van der Waals surface area contributed by atoms with Gasteiger partial charge < -0.3 is 20.1 Å². The maximum atomic E-state index is 2.12. The zero-order valence-corrected chi connectivity index (χ0v) is 5.83. The molecule has 0 saturated carbocycles. The van der Waals surface area contributed by atoms with Crippen LogP contribution in [0.2, 0.25) is 0 Å². The molecular weight excluding hydrogens is 113 g/mol. The Kier molecular flexibility index (Phi) is 21.2. The van der Waals surface area contributed by atoms with Gasteiger partial charge in [-0.15, -0.1) is 0 Å². The molecule has 3 nitrogen and oxygen atoms in total. The van der Waals surface area contributed by atoms with E-state index in [1.54, 1.807) is 0 Å². The molecule has 0 amide bonds. The van der Waals surface area contributed by atoms with E-state index < -0.39 is 0 Å². The lowest BCUT2D eigenvalue weighted by Crippen LogP contribution is -3.00. The molecule has 4 N–H and O–H groups in total. The summed E-state index contributed by atoms with van der Waals surface area (Å²) in [4.78, 5) is 0. The highest BCUT2D eigenvalue weighted by atomic mass is 19.0. The SMILES string of the molecule is C[N+](C)(C)C.O.O.[F-]. The molecule has 0 aromatic rings. The van der Waals surface area contributed by atoms with Crippen LogP contribution in [0.1, 0.15) is 0 Å². The van der Waals surface area contributed by atoms with Crippen molar-refractivity contribution in [1.82, 2.24) is 0 Å². The quantitative estimate of drug-likeness (QED) is 0.297. The van der Waals surface area contributed by atoms with Crippen LogP contribution in [0.4, 0.5) is 0 Å². The van der Waals surface area contributed by atoms with E-state index in [4.69, 9.17) is 0 Å². The lowest BCUT2D eigenvalue weighted by molar-refractivity contribution is -0.849. The molecule has 0 aliphatic carbocycles. The zero-order valence-electron chi connectivity index (χ0n) is 5.83. The summed E-state index contributed by atoms with van der Waals surface area (Å²) in [7, 11) is 8.50. The van der Waals surface area contributed by atoms with E-state index in [1.165, 1.54) is 0 Å². The third-order valence-electron chi connectivity index (χ3n) is 0. The summed E-state index contributed by atoms with van der Waals surface area (Å²) in [5, 5.41) is 0. The number of hydrogen-bond acceptors (Lipinski definition) is 0. The van der Waals surface area contributed by atoms with Crippen LogP contribution in [0.3, 0.4) is 0 Å². The van der Waals surface area contributed by atoms with E-state index in [0.717, 1.165) is 4.48 Å². The van der Waals surface area contributed by atoms with Crippen molar-refractivity contribution in [2.45, 2.75) is 0 Å². The van der Waals surface area contributed by atoms with Crippen molar-refractivity contribution in [2.24, 2.45) is 0 Å². The number of quaternary nitrogens is 1. The molecule has 0 aromatic carbocycles. The molecule has 0 radical (unpaired) electrons. The van der Waals surface area contributed by atoms with E-state index in [2.05, 4.69) is 28.2 Å². The smallest absolute Gasteiger partial charge is 0.0675 e. The molecule has 56 valence electrons. The second-order valence-corrected chi connectivity index (χ2v) is 2.68. The molecule has 0 heterocycles. The molecule has 0 rings (SSSR count). The Balaban J connectivity index is -0.0000000267. The first-order valence-electron chi connectivity index (χ1n) is 1.79. The van der Waals surface area contributed by atoms with Crippen LogP contribution in [-0.2, 0) is 0 Å². The fourth-order valence-electron chi connectivity index (χ4n) is 0. The van der Waals surface area contributed by atoms with Gasteiger partial charge in [-0.1, -0.05) is 0 Å². The number of hydrogen-bond donors (Lipinski definition) is 0. The second kappa shape index (κ2) is 6.81. The Morgan fingerprint density at radius 1 is 0.750 bits per heavy atom. The van der Waals surface area contributed by atoms with Crippen LogP contribution in [0.15, 0.2) is 0 Å². The summed E-state index contributed by atoms with van der Waals surface area (Å²) in [5.41, 5.74) is 0. The summed E-state index contributed by atoms with van der Waals surface area (Å²) < 4.78 is 1.00. The normalized spacial score (nSPS) is 7.50. The van der Waals surface area contributed by atoms with Gasteiger partial charge in [0, 0.05) is 0 Å². The first kappa shape index (κ1) is 25.0. The summed E-state index contributed by atoms with van der Waals surface area (Å²) in [6, 6.07) is 0. The van der Waals surface area contributed by atoms with E-state index in [1.807, 2.05) is 0 Å². The van der Waals surface area contributed by atoms with Gasteiger partial charge in [-0.05, 0) is 0 Å². The number of rotatable bonds is 0. The van der Waals surface area contributed by atoms with Crippen LogP contribution in [0, 0.1) is 0 Å². The minimum absolute atomic E-state index is 0. The molecule has 0 bridgehead atoms. The molecule has 0 unspecified atom stereocenters. The van der Waals surface area contributed by atoms with Gasteiger partial charge in [-0.3, -0.25) is 0 Å². The van der Waals surface area contributed by atoms with Crippen molar-refractivity contribution < 1.29 is 20.1 Å².